The molecule has 0 bridgehead atoms. The van der Waals surface area contributed by atoms with Crippen LogP contribution in [0.15, 0.2) is 12.4 Å². The Morgan fingerprint density at radius 1 is 1.28 bits per heavy atom. The minimum absolute atomic E-state index is 0.00801. The van der Waals surface area contributed by atoms with Gasteiger partial charge in [0.2, 0.25) is 5.91 Å². The van der Waals surface area contributed by atoms with E-state index >= 15 is 0 Å². The molecule has 0 aromatic carbocycles. The fourth-order valence-corrected chi connectivity index (χ4v) is 3.82. The monoisotopic (exact) mass is 448 g/mol. The van der Waals surface area contributed by atoms with Gasteiger partial charge in [-0.2, -0.15) is 0 Å². The van der Waals surface area contributed by atoms with E-state index in [9.17, 15) is 14.4 Å². The van der Waals surface area contributed by atoms with E-state index < -0.39 is 17.7 Å². The lowest BCUT2D eigenvalue weighted by Crippen LogP contribution is -2.44. The maximum absolute atomic E-state index is 12.8. The third kappa shape index (κ3) is 7.76. The van der Waals surface area contributed by atoms with Crippen LogP contribution in [0.4, 0.5) is 4.79 Å². The number of carbonyl (C=O) groups excluding carboxylic acids is 3. The van der Waals surface area contributed by atoms with Crippen molar-refractivity contribution in [2.75, 3.05) is 13.2 Å². The summed E-state index contributed by atoms with van der Waals surface area (Å²) in [5, 5.41) is 2.69. The largest absolute Gasteiger partial charge is 0.466 e. The zero-order chi connectivity index (χ0) is 23.9. The molecule has 3 unspecified atom stereocenters. The fraction of sp³-hybridized carbons (Fsp3) is 0.696. The summed E-state index contributed by atoms with van der Waals surface area (Å²) in [6.45, 7) is 11.8. The second-order valence-corrected chi connectivity index (χ2v) is 9.23. The molecule has 0 aliphatic carbocycles. The molecule has 9 nitrogen and oxygen atoms in total. The molecule has 0 saturated carbocycles. The van der Waals surface area contributed by atoms with Crippen LogP contribution in [-0.4, -0.2) is 63.7 Å². The molecule has 9 heteroatoms. The average Bonchev–Trinajstić information content (AvgIpc) is 2.93. The van der Waals surface area contributed by atoms with E-state index in [4.69, 9.17) is 9.47 Å². The molecule has 0 spiro atoms. The van der Waals surface area contributed by atoms with Crippen molar-refractivity contribution in [3.8, 4) is 0 Å². The predicted octanol–water partition coefficient (Wildman–Crippen LogP) is 3.12. The van der Waals surface area contributed by atoms with Gasteiger partial charge < -0.3 is 19.7 Å². The van der Waals surface area contributed by atoms with Gasteiger partial charge in [0, 0.05) is 25.0 Å². The van der Waals surface area contributed by atoms with E-state index in [-0.39, 0.29) is 30.3 Å². The number of ether oxygens (including phenoxy) is 2. The van der Waals surface area contributed by atoms with Crippen molar-refractivity contribution < 1.29 is 23.9 Å². The topological polar surface area (TPSA) is 111 Å². The Morgan fingerprint density at radius 3 is 2.53 bits per heavy atom. The van der Waals surface area contributed by atoms with Crippen molar-refractivity contribution in [2.24, 2.45) is 0 Å². The van der Waals surface area contributed by atoms with Gasteiger partial charge in [0.05, 0.1) is 13.0 Å². The highest BCUT2D eigenvalue weighted by Gasteiger charge is 2.38. The zero-order valence-electron chi connectivity index (χ0n) is 20.0. The number of alkyl carbamates (subject to hydrolysis) is 1. The van der Waals surface area contributed by atoms with Crippen molar-refractivity contribution in [1.82, 2.24) is 20.2 Å². The molecule has 32 heavy (non-hydrogen) atoms. The summed E-state index contributed by atoms with van der Waals surface area (Å²) in [6, 6.07) is -0.575. The molecular formula is C23H36N4O5. The number of aromatic nitrogens is 2. The van der Waals surface area contributed by atoms with E-state index in [0.29, 0.717) is 38.2 Å². The van der Waals surface area contributed by atoms with Crippen LogP contribution in [0.25, 0.3) is 0 Å². The first kappa shape index (κ1) is 25.5. The van der Waals surface area contributed by atoms with Gasteiger partial charge in [0.15, 0.2) is 0 Å². The number of nitrogens with zero attached hydrogens (tertiary/aromatic N) is 3. The highest BCUT2D eigenvalue weighted by atomic mass is 16.6. The smallest absolute Gasteiger partial charge is 0.408 e. The predicted molar refractivity (Wildman–Crippen MR) is 119 cm³/mol. The van der Waals surface area contributed by atoms with Gasteiger partial charge in [-0.3, -0.25) is 9.59 Å². The van der Waals surface area contributed by atoms with Crippen molar-refractivity contribution >= 4 is 18.0 Å². The highest BCUT2D eigenvalue weighted by Crippen LogP contribution is 2.27. The molecular weight excluding hydrogens is 412 g/mol. The number of amides is 2. The minimum atomic E-state index is -0.620. The molecule has 2 heterocycles. The summed E-state index contributed by atoms with van der Waals surface area (Å²) in [7, 11) is 0. The molecule has 1 N–H and O–H groups in total. The van der Waals surface area contributed by atoms with Crippen LogP contribution in [-0.2, 0) is 19.1 Å². The van der Waals surface area contributed by atoms with Crippen molar-refractivity contribution in [3.63, 3.8) is 0 Å². The zero-order valence-corrected chi connectivity index (χ0v) is 20.0. The van der Waals surface area contributed by atoms with Gasteiger partial charge in [0.1, 0.15) is 17.5 Å². The van der Waals surface area contributed by atoms with E-state index in [0.717, 1.165) is 5.56 Å². The lowest BCUT2D eigenvalue weighted by molar-refractivity contribution is -0.143. The molecule has 1 aromatic heterocycles. The Balaban J connectivity index is 1.94. The molecule has 1 aromatic rings. The first-order valence-corrected chi connectivity index (χ1v) is 11.2. The average molecular weight is 449 g/mol. The van der Waals surface area contributed by atoms with Gasteiger partial charge in [-0.05, 0) is 72.3 Å². The molecule has 3 atom stereocenters. The molecule has 1 aliphatic rings. The first-order valence-electron chi connectivity index (χ1n) is 11.2. The van der Waals surface area contributed by atoms with Crippen LogP contribution in [0.2, 0.25) is 0 Å². The molecule has 2 amide bonds. The Kier molecular flexibility index (Phi) is 8.98. The number of nitrogens with one attached hydrogen (secondary N) is 1. The molecule has 1 fully saturated rings. The van der Waals surface area contributed by atoms with Crippen LogP contribution in [0, 0.1) is 6.92 Å². The molecule has 0 radical (unpaired) electrons. The minimum Gasteiger partial charge on any atom is -0.466 e. The number of likely N-dealkylation sites (tertiary alicyclic amines) is 1. The van der Waals surface area contributed by atoms with Gasteiger partial charge in [-0.1, -0.05) is 0 Å². The molecule has 178 valence electrons. The summed E-state index contributed by atoms with van der Waals surface area (Å²) in [4.78, 5) is 47.2. The maximum atomic E-state index is 12.8. The van der Waals surface area contributed by atoms with E-state index in [1.54, 1.807) is 45.0 Å². The first-order chi connectivity index (χ1) is 15.0. The van der Waals surface area contributed by atoms with Gasteiger partial charge in [-0.15, -0.1) is 0 Å². The normalized spacial score (nSPS) is 19.6. The van der Waals surface area contributed by atoms with Crippen LogP contribution in [0.3, 0.4) is 0 Å². The number of carbonyl (C=O) groups is 3. The molecule has 1 aliphatic heterocycles. The van der Waals surface area contributed by atoms with Crippen LogP contribution in [0.1, 0.15) is 77.6 Å². The summed E-state index contributed by atoms with van der Waals surface area (Å²) >= 11 is 0. The van der Waals surface area contributed by atoms with Gasteiger partial charge >= 0.3 is 12.1 Å². The second kappa shape index (κ2) is 11.2. The summed E-state index contributed by atoms with van der Waals surface area (Å²) in [5.41, 5.74) is 0.263. The van der Waals surface area contributed by atoms with Crippen LogP contribution in [0.5, 0.6) is 0 Å². The number of esters is 1. The van der Waals surface area contributed by atoms with Crippen molar-refractivity contribution in [2.45, 2.75) is 90.8 Å². The van der Waals surface area contributed by atoms with E-state index in [1.807, 2.05) is 13.8 Å². The number of aryl methyl sites for hydroxylation is 1. The SMILES string of the molecule is CCOC(=O)CC(CCCN1C(=O)C(NC(=O)OC(C)(C)C)CC1C)c1cnc(C)nc1. The number of rotatable bonds is 9. The quantitative estimate of drug-likeness (QED) is 0.578. The van der Waals surface area contributed by atoms with Gasteiger partial charge in [0.25, 0.3) is 0 Å². The Bertz CT molecular complexity index is 791. The molecule has 2 rings (SSSR count). The summed E-state index contributed by atoms with van der Waals surface area (Å²) < 4.78 is 10.4. The van der Waals surface area contributed by atoms with E-state index in [1.165, 1.54) is 0 Å². The third-order valence-electron chi connectivity index (χ3n) is 5.32. The van der Waals surface area contributed by atoms with E-state index in [2.05, 4.69) is 15.3 Å². The Hall–Kier alpha value is -2.71. The van der Waals surface area contributed by atoms with Crippen LogP contribution < -0.4 is 5.32 Å². The summed E-state index contributed by atoms with van der Waals surface area (Å²) in [6.07, 6.45) is 5.08. The standard InChI is InChI=1S/C23H36N4O5/c1-7-31-20(28)12-17(18-13-24-16(3)25-14-18)9-8-10-27-15(2)11-19(21(27)29)26-22(30)32-23(4,5)6/h13-15,17,19H,7-12H2,1-6H3,(H,26,30). The highest BCUT2D eigenvalue weighted by molar-refractivity contribution is 5.88. The Labute approximate surface area is 190 Å². The second-order valence-electron chi connectivity index (χ2n) is 9.23. The van der Waals surface area contributed by atoms with Crippen molar-refractivity contribution in [1.29, 1.82) is 0 Å². The van der Waals surface area contributed by atoms with Gasteiger partial charge in [-0.25, -0.2) is 14.8 Å². The lowest BCUT2D eigenvalue weighted by Gasteiger charge is -2.23. The van der Waals surface area contributed by atoms with Crippen LogP contribution >= 0.6 is 0 Å². The molecule has 1 saturated heterocycles. The van der Waals surface area contributed by atoms with Crippen molar-refractivity contribution in [3.05, 3.63) is 23.8 Å². The third-order valence-corrected chi connectivity index (χ3v) is 5.32. The Morgan fingerprint density at radius 2 is 1.94 bits per heavy atom. The fourth-order valence-electron chi connectivity index (χ4n) is 3.82. The summed E-state index contributed by atoms with van der Waals surface area (Å²) in [5.74, 6) is 0.219. The maximum Gasteiger partial charge on any atom is 0.408 e. The lowest BCUT2D eigenvalue weighted by atomic mass is 9.93. The number of hydrogen-bond acceptors (Lipinski definition) is 7. The number of hydrogen-bond donors (Lipinski definition) is 1.